The molecule has 2 heteroatoms. The molecular formula is C16H25NO. The summed E-state index contributed by atoms with van der Waals surface area (Å²) in [5, 5.41) is 0. The van der Waals surface area contributed by atoms with Gasteiger partial charge in [-0.3, -0.25) is 4.79 Å². The van der Waals surface area contributed by atoms with E-state index in [4.69, 9.17) is 0 Å². The fourth-order valence-corrected chi connectivity index (χ4v) is 1.86. The van der Waals surface area contributed by atoms with Gasteiger partial charge in [0.25, 0.3) is 0 Å². The summed E-state index contributed by atoms with van der Waals surface area (Å²) >= 11 is 0. The SMILES string of the molecule is Cc1ccc(C(C)N(C)C(=O)CC(C)(C)C)cc1. The lowest BCUT2D eigenvalue weighted by Crippen LogP contribution is -2.32. The van der Waals surface area contributed by atoms with Gasteiger partial charge in [-0.1, -0.05) is 50.6 Å². The Labute approximate surface area is 111 Å². The minimum Gasteiger partial charge on any atom is -0.339 e. The van der Waals surface area contributed by atoms with Crippen LogP contribution < -0.4 is 0 Å². The first-order chi connectivity index (χ1) is 8.20. The summed E-state index contributed by atoms with van der Waals surface area (Å²) in [4.78, 5) is 14.0. The van der Waals surface area contributed by atoms with Gasteiger partial charge in [0.15, 0.2) is 0 Å². The highest BCUT2D eigenvalue weighted by Gasteiger charge is 2.22. The minimum absolute atomic E-state index is 0.0400. The summed E-state index contributed by atoms with van der Waals surface area (Å²) in [6.07, 6.45) is 0.583. The topological polar surface area (TPSA) is 20.3 Å². The van der Waals surface area contributed by atoms with Crippen molar-refractivity contribution in [2.24, 2.45) is 5.41 Å². The molecular weight excluding hydrogens is 222 g/mol. The van der Waals surface area contributed by atoms with E-state index in [-0.39, 0.29) is 17.4 Å². The zero-order valence-corrected chi connectivity index (χ0v) is 12.4. The lowest BCUT2D eigenvalue weighted by Gasteiger charge is -2.28. The van der Waals surface area contributed by atoms with E-state index >= 15 is 0 Å². The molecule has 1 unspecified atom stereocenters. The number of rotatable bonds is 3. The van der Waals surface area contributed by atoms with Gasteiger partial charge in [-0.25, -0.2) is 0 Å². The molecule has 1 aromatic rings. The smallest absolute Gasteiger partial charge is 0.223 e. The van der Waals surface area contributed by atoms with Crippen LogP contribution in [0.25, 0.3) is 0 Å². The highest BCUT2D eigenvalue weighted by atomic mass is 16.2. The van der Waals surface area contributed by atoms with Gasteiger partial charge in [0.05, 0.1) is 6.04 Å². The van der Waals surface area contributed by atoms with Crippen LogP contribution in [0.3, 0.4) is 0 Å². The summed E-state index contributed by atoms with van der Waals surface area (Å²) < 4.78 is 0. The second-order valence-electron chi connectivity index (χ2n) is 6.33. The Bertz CT molecular complexity index is 400. The first-order valence-corrected chi connectivity index (χ1v) is 6.53. The van der Waals surface area contributed by atoms with Crippen LogP contribution >= 0.6 is 0 Å². The second kappa shape index (κ2) is 5.55. The third kappa shape index (κ3) is 4.17. The van der Waals surface area contributed by atoms with Crippen LogP contribution in [0, 0.1) is 12.3 Å². The fraction of sp³-hybridized carbons (Fsp3) is 0.562. The summed E-state index contributed by atoms with van der Waals surface area (Å²) in [6, 6.07) is 8.50. The number of hydrogen-bond acceptors (Lipinski definition) is 1. The van der Waals surface area contributed by atoms with Gasteiger partial charge >= 0.3 is 0 Å². The molecule has 18 heavy (non-hydrogen) atoms. The Kier molecular flexibility index (Phi) is 4.55. The predicted octanol–water partition coefficient (Wildman–Crippen LogP) is 3.95. The van der Waals surface area contributed by atoms with Gasteiger partial charge < -0.3 is 4.90 Å². The van der Waals surface area contributed by atoms with Crippen molar-refractivity contribution in [1.82, 2.24) is 4.90 Å². The van der Waals surface area contributed by atoms with Crippen LogP contribution in [0.1, 0.15) is 51.3 Å². The summed E-state index contributed by atoms with van der Waals surface area (Å²) in [6.45, 7) is 10.4. The standard InChI is InChI=1S/C16H25NO/c1-12-7-9-14(10-8-12)13(2)17(6)15(18)11-16(3,4)5/h7-10,13H,11H2,1-6H3. The normalized spacial score (nSPS) is 13.2. The van der Waals surface area contributed by atoms with E-state index in [1.165, 1.54) is 11.1 Å². The van der Waals surface area contributed by atoms with E-state index < -0.39 is 0 Å². The Morgan fingerprint density at radius 2 is 1.72 bits per heavy atom. The maximum Gasteiger partial charge on any atom is 0.223 e. The quantitative estimate of drug-likeness (QED) is 0.792. The molecule has 1 atom stereocenters. The number of hydrogen-bond donors (Lipinski definition) is 0. The average Bonchev–Trinajstić information content (AvgIpc) is 2.26. The predicted molar refractivity (Wildman–Crippen MR) is 76.4 cm³/mol. The number of amides is 1. The maximum atomic E-state index is 12.2. The maximum absolute atomic E-state index is 12.2. The van der Waals surface area contributed by atoms with Crippen molar-refractivity contribution >= 4 is 5.91 Å². The van der Waals surface area contributed by atoms with Gasteiger partial charge in [0.1, 0.15) is 0 Å². The molecule has 0 spiro atoms. The molecule has 100 valence electrons. The molecule has 0 N–H and O–H groups in total. The number of benzene rings is 1. The zero-order chi connectivity index (χ0) is 13.9. The van der Waals surface area contributed by atoms with Crippen molar-refractivity contribution in [1.29, 1.82) is 0 Å². The highest BCUT2D eigenvalue weighted by Crippen LogP contribution is 2.24. The van der Waals surface area contributed by atoms with Crippen LogP contribution in [0.2, 0.25) is 0 Å². The Hall–Kier alpha value is -1.31. The lowest BCUT2D eigenvalue weighted by molar-refractivity contribution is -0.133. The van der Waals surface area contributed by atoms with E-state index in [1.54, 1.807) is 0 Å². The van der Waals surface area contributed by atoms with Crippen molar-refractivity contribution in [2.45, 2.75) is 47.1 Å². The van der Waals surface area contributed by atoms with Crippen molar-refractivity contribution in [3.05, 3.63) is 35.4 Å². The van der Waals surface area contributed by atoms with Crippen molar-refractivity contribution in [2.75, 3.05) is 7.05 Å². The van der Waals surface area contributed by atoms with Gasteiger partial charge in [-0.2, -0.15) is 0 Å². The number of carbonyl (C=O) groups is 1. The van der Waals surface area contributed by atoms with E-state index in [0.29, 0.717) is 6.42 Å². The average molecular weight is 247 g/mol. The van der Waals surface area contributed by atoms with E-state index in [2.05, 4.69) is 58.9 Å². The van der Waals surface area contributed by atoms with Gasteiger partial charge in [0, 0.05) is 13.5 Å². The molecule has 0 saturated carbocycles. The molecule has 0 aliphatic rings. The molecule has 0 heterocycles. The van der Waals surface area contributed by atoms with Gasteiger partial charge in [-0.15, -0.1) is 0 Å². The van der Waals surface area contributed by atoms with E-state index in [9.17, 15) is 4.79 Å². The van der Waals surface area contributed by atoms with Crippen LogP contribution in [-0.2, 0) is 4.79 Å². The van der Waals surface area contributed by atoms with Gasteiger partial charge in [0.2, 0.25) is 5.91 Å². The van der Waals surface area contributed by atoms with Crippen molar-refractivity contribution < 1.29 is 4.79 Å². The fourth-order valence-electron chi connectivity index (χ4n) is 1.86. The minimum atomic E-state index is 0.0400. The molecule has 1 aromatic carbocycles. The molecule has 0 saturated heterocycles. The van der Waals surface area contributed by atoms with Crippen molar-refractivity contribution in [3.63, 3.8) is 0 Å². The third-order valence-electron chi connectivity index (χ3n) is 3.22. The van der Waals surface area contributed by atoms with Gasteiger partial charge in [-0.05, 0) is 24.8 Å². The van der Waals surface area contributed by atoms with E-state index in [1.807, 2.05) is 11.9 Å². The third-order valence-corrected chi connectivity index (χ3v) is 3.22. The Morgan fingerprint density at radius 3 is 2.17 bits per heavy atom. The molecule has 0 fully saturated rings. The molecule has 2 nitrogen and oxygen atoms in total. The van der Waals surface area contributed by atoms with Crippen LogP contribution in [0.4, 0.5) is 0 Å². The zero-order valence-electron chi connectivity index (χ0n) is 12.4. The van der Waals surface area contributed by atoms with Crippen LogP contribution in [0.5, 0.6) is 0 Å². The summed E-state index contributed by atoms with van der Waals surface area (Å²) in [5.41, 5.74) is 2.47. The number of carbonyl (C=O) groups excluding carboxylic acids is 1. The molecule has 0 aliphatic heterocycles. The summed E-state index contributed by atoms with van der Waals surface area (Å²) in [7, 11) is 1.89. The molecule has 0 aliphatic carbocycles. The number of aryl methyl sites for hydroxylation is 1. The molecule has 0 aromatic heterocycles. The molecule has 1 rings (SSSR count). The Morgan fingerprint density at radius 1 is 1.22 bits per heavy atom. The Balaban J connectivity index is 2.74. The summed E-state index contributed by atoms with van der Waals surface area (Å²) in [5.74, 6) is 0.204. The van der Waals surface area contributed by atoms with E-state index in [0.717, 1.165) is 0 Å². The van der Waals surface area contributed by atoms with Crippen LogP contribution in [0.15, 0.2) is 24.3 Å². The first-order valence-electron chi connectivity index (χ1n) is 6.53. The second-order valence-corrected chi connectivity index (χ2v) is 6.33. The van der Waals surface area contributed by atoms with Crippen molar-refractivity contribution in [3.8, 4) is 0 Å². The lowest BCUT2D eigenvalue weighted by atomic mass is 9.91. The largest absolute Gasteiger partial charge is 0.339 e. The molecule has 0 radical (unpaired) electrons. The number of nitrogens with zero attached hydrogens (tertiary/aromatic N) is 1. The first kappa shape index (κ1) is 14.7. The monoisotopic (exact) mass is 247 g/mol. The molecule has 0 bridgehead atoms. The van der Waals surface area contributed by atoms with Crippen LogP contribution in [-0.4, -0.2) is 17.9 Å². The molecule has 1 amide bonds. The highest BCUT2D eigenvalue weighted by molar-refractivity contribution is 5.77.